The molecular weight excluding hydrogens is 757 g/mol. The summed E-state index contributed by atoms with van der Waals surface area (Å²) in [6.45, 7) is 8.87. The van der Waals surface area contributed by atoms with Crippen LogP contribution in [-0.2, 0) is 24.6 Å². The van der Waals surface area contributed by atoms with Crippen molar-refractivity contribution in [1.29, 1.82) is 0 Å². The van der Waals surface area contributed by atoms with Gasteiger partial charge in [0, 0.05) is 24.2 Å². The number of hydrogen-bond donors (Lipinski definition) is 4. The van der Waals surface area contributed by atoms with E-state index in [4.69, 9.17) is 28.9 Å². The predicted molar refractivity (Wildman–Crippen MR) is 216 cm³/mol. The van der Waals surface area contributed by atoms with Crippen molar-refractivity contribution < 1.29 is 38.1 Å². The normalized spacial score (nSPS) is 21.6. The molecule has 16 nitrogen and oxygen atoms in total. The number of nitrogens with one attached hydrogen (secondary N) is 4. The molecule has 2 saturated heterocycles. The summed E-state index contributed by atoms with van der Waals surface area (Å²) in [6, 6.07) is 10.4. The van der Waals surface area contributed by atoms with E-state index in [0.717, 1.165) is 71.6 Å². The summed E-state index contributed by atoms with van der Waals surface area (Å²) in [6.07, 6.45) is 6.50. The molecule has 4 amide bonds. The van der Waals surface area contributed by atoms with E-state index in [1.165, 1.54) is 14.2 Å². The molecule has 3 fully saturated rings. The molecule has 1 saturated carbocycles. The lowest BCUT2D eigenvalue weighted by atomic mass is 9.93. The number of nitrogens with zero attached hydrogens (tertiary/aromatic N) is 4. The summed E-state index contributed by atoms with van der Waals surface area (Å²) < 4.78 is 21.7. The van der Waals surface area contributed by atoms with Crippen molar-refractivity contribution in [1.82, 2.24) is 40.4 Å². The third-order valence-electron chi connectivity index (χ3n) is 12.4. The summed E-state index contributed by atoms with van der Waals surface area (Å²) in [4.78, 5) is 72.0. The number of likely N-dealkylation sites (tertiary alicyclic amines) is 2. The third-order valence-corrected chi connectivity index (χ3v) is 12.4. The standard InChI is InChI=1S/C43H52N8O8/c1-23(2)33(48-41(54)56-5)38(52)50-17-7-8-32(50)37-44-20-31(46-37)29-14-13-28(35-36(29)59-22-58-35)26-9-11-27(12-10-26)30-19-45-40(47-30)43-16-15-25(18-43)21-51(43)39(53)34(24(3)4)49-42(55)57-6/h9-14,19-20,23-25,32-34H,7-8,15-18,21-22H2,1-6H3,(H,44,46)(H,45,47)(H,48,54)(H,49,55)/t25?,32-,33-,34-,43?/m0/s1. The minimum absolute atomic E-state index is 0.0723. The summed E-state index contributed by atoms with van der Waals surface area (Å²) in [5.41, 5.74) is 4.56. The highest BCUT2D eigenvalue weighted by Crippen LogP contribution is 2.53. The van der Waals surface area contributed by atoms with Crippen LogP contribution in [0.2, 0.25) is 0 Å². The number of carbonyl (C=O) groups is 4. The van der Waals surface area contributed by atoms with Crippen molar-refractivity contribution in [3.05, 3.63) is 60.4 Å². The average molecular weight is 809 g/mol. The van der Waals surface area contributed by atoms with E-state index < -0.39 is 29.8 Å². The van der Waals surface area contributed by atoms with Gasteiger partial charge in [-0.15, -0.1) is 0 Å². The molecule has 312 valence electrons. The molecule has 4 N–H and O–H groups in total. The Balaban J connectivity index is 0.999. The SMILES string of the molecule is COC(=O)N[C@H](C(=O)N1CCC[C@H]1c1ncc(-c2ccc(-c3ccc(-c4cnc(C56CCC(CN5C(=O)[C@@H](NC(=O)OC)C(C)C)C6)[nH]4)cc3)c3c2OCO3)[nH]1)C(C)C. The van der Waals surface area contributed by atoms with E-state index in [0.29, 0.717) is 36.3 Å². The second kappa shape index (κ2) is 15.9. The fraction of sp³-hybridized carbons (Fsp3) is 0.488. The van der Waals surface area contributed by atoms with Gasteiger partial charge in [-0.05, 0) is 73.1 Å². The molecule has 16 heteroatoms. The number of carbonyl (C=O) groups excluding carboxylic acids is 4. The van der Waals surface area contributed by atoms with Crippen LogP contribution < -0.4 is 20.1 Å². The fourth-order valence-corrected chi connectivity index (χ4v) is 9.28. The first kappa shape index (κ1) is 39.8. The summed E-state index contributed by atoms with van der Waals surface area (Å²) >= 11 is 0. The molecule has 5 heterocycles. The van der Waals surface area contributed by atoms with Gasteiger partial charge in [-0.3, -0.25) is 9.59 Å². The van der Waals surface area contributed by atoms with Gasteiger partial charge in [-0.2, -0.15) is 0 Å². The van der Waals surface area contributed by atoms with E-state index in [2.05, 4.69) is 20.6 Å². The van der Waals surface area contributed by atoms with Crippen LogP contribution in [0.3, 0.4) is 0 Å². The second-order valence-electron chi connectivity index (χ2n) is 16.6. The Kier molecular flexibility index (Phi) is 10.7. The first-order chi connectivity index (χ1) is 28.4. The van der Waals surface area contributed by atoms with Gasteiger partial charge in [-0.1, -0.05) is 52.0 Å². The van der Waals surface area contributed by atoms with Crippen molar-refractivity contribution in [3.63, 3.8) is 0 Å². The van der Waals surface area contributed by atoms with Crippen molar-refractivity contribution >= 4 is 24.0 Å². The van der Waals surface area contributed by atoms with E-state index >= 15 is 0 Å². The molecule has 5 atom stereocenters. The number of rotatable bonds is 11. The van der Waals surface area contributed by atoms with Crippen molar-refractivity contribution in [2.45, 2.75) is 83.5 Å². The summed E-state index contributed by atoms with van der Waals surface area (Å²) in [7, 11) is 2.58. The van der Waals surface area contributed by atoms with Gasteiger partial charge in [-0.25, -0.2) is 19.6 Å². The number of amides is 4. The Morgan fingerprint density at radius 2 is 1.42 bits per heavy atom. The molecule has 2 bridgehead atoms. The fourth-order valence-electron chi connectivity index (χ4n) is 9.28. The van der Waals surface area contributed by atoms with Gasteiger partial charge in [0.15, 0.2) is 11.5 Å². The van der Waals surface area contributed by atoms with Gasteiger partial charge in [0.05, 0.1) is 44.0 Å². The zero-order chi connectivity index (χ0) is 41.6. The highest BCUT2D eigenvalue weighted by molar-refractivity contribution is 5.88. The van der Waals surface area contributed by atoms with Gasteiger partial charge < -0.3 is 49.3 Å². The number of methoxy groups -OCH3 is 2. The minimum Gasteiger partial charge on any atom is -0.453 e. The molecule has 2 unspecified atom stereocenters. The van der Waals surface area contributed by atoms with Crippen LogP contribution in [-0.4, -0.2) is 99.9 Å². The zero-order valence-corrected chi connectivity index (χ0v) is 34.3. The van der Waals surface area contributed by atoms with Gasteiger partial charge in [0.1, 0.15) is 29.3 Å². The van der Waals surface area contributed by atoms with E-state index in [1.54, 1.807) is 11.1 Å². The molecule has 2 aromatic carbocycles. The van der Waals surface area contributed by atoms with Crippen LogP contribution in [0.4, 0.5) is 9.59 Å². The Labute approximate surface area is 342 Å². The average Bonchev–Trinajstić information content (AvgIpc) is 4.10. The largest absolute Gasteiger partial charge is 0.453 e. The molecule has 1 aliphatic carbocycles. The maximum atomic E-state index is 14.0. The van der Waals surface area contributed by atoms with Crippen molar-refractivity contribution in [2.24, 2.45) is 17.8 Å². The molecule has 4 aliphatic rings. The monoisotopic (exact) mass is 808 g/mol. The number of H-pyrrole nitrogens is 2. The lowest BCUT2D eigenvalue weighted by Crippen LogP contribution is -2.56. The predicted octanol–water partition coefficient (Wildman–Crippen LogP) is 6.12. The Bertz CT molecular complexity index is 2230. The van der Waals surface area contributed by atoms with Crippen LogP contribution >= 0.6 is 0 Å². The van der Waals surface area contributed by atoms with E-state index in [9.17, 15) is 19.2 Å². The molecular formula is C43H52N8O8. The number of aromatic nitrogens is 4. The van der Waals surface area contributed by atoms with E-state index in [1.807, 2.05) is 75.2 Å². The van der Waals surface area contributed by atoms with Crippen LogP contribution in [0.5, 0.6) is 11.5 Å². The van der Waals surface area contributed by atoms with Crippen molar-refractivity contribution in [3.8, 4) is 45.1 Å². The number of imidazole rings is 2. The first-order valence-corrected chi connectivity index (χ1v) is 20.4. The number of hydrogen-bond acceptors (Lipinski definition) is 10. The van der Waals surface area contributed by atoms with Gasteiger partial charge in [0.25, 0.3) is 0 Å². The summed E-state index contributed by atoms with van der Waals surface area (Å²) in [5, 5.41) is 5.44. The second-order valence-corrected chi connectivity index (χ2v) is 16.6. The summed E-state index contributed by atoms with van der Waals surface area (Å²) in [5.74, 6) is 2.49. The Morgan fingerprint density at radius 1 is 0.797 bits per heavy atom. The number of ether oxygens (including phenoxy) is 4. The molecule has 2 aromatic heterocycles. The third kappa shape index (κ3) is 7.22. The smallest absolute Gasteiger partial charge is 0.407 e. The topological polar surface area (TPSA) is 193 Å². The van der Waals surface area contributed by atoms with Crippen LogP contribution in [0.15, 0.2) is 48.8 Å². The first-order valence-electron chi connectivity index (χ1n) is 20.4. The Hall–Kier alpha value is -6.06. The number of aromatic amines is 2. The van der Waals surface area contributed by atoms with Gasteiger partial charge >= 0.3 is 12.2 Å². The van der Waals surface area contributed by atoms with Crippen LogP contribution in [0.1, 0.15) is 77.5 Å². The number of piperidine rings is 1. The lowest BCUT2D eigenvalue weighted by molar-refractivity contribution is -0.140. The minimum atomic E-state index is -0.721. The number of alkyl carbamates (subject to hydrolysis) is 2. The van der Waals surface area contributed by atoms with Crippen LogP contribution in [0.25, 0.3) is 33.6 Å². The molecule has 0 radical (unpaired) electrons. The molecule has 8 rings (SSSR count). The van der Waals surface area contributed by atoms with Gasteiger partial charge in [0.2, 0.25) is 18.6 Å². The number of fused-ring (bicyclic) bond motifs is 3. The quantitative estimate of drug-likeness (QED) is 0.137. The zero-order valence-electron chi connectivity index (χ0n) is 34.3. The number of benzene rings is 2. The van der Waals surface area contributed by atoms with Crippen molar-refractivity contribution in [2.75, 3.05) is 34.1 Å². The highest BCUT2D eigenvalue weighted by Gasteiger charge is 2.56. The highest BCUT2D eigenvalue weighted by atomic mass is 16.7. The van der Waals surface area contributed by atoms with Crippen LogP contribution in [0, 0.1) is 17.8 Å². The molecule has 4 aromatic rings. The molecule has 3 aliphatic heterocycles. The van der Waals surface area contributed by atoms with E-state index in [-0.39, 0.29) is 36.5 Å². The lowest BCUT2D eigenvalue weighted by Gasteiger charge is -2.40. The Morgan fingerprint density at radius 3 is 2.08 bits per heavy atom. The maximum Gasteiger partial charge on any atom is 0.407 e. The molecule has 0 spiro atoms. The maximum absolute atomic E-state index is 14.0. The molecule has 59 heavy (non-hydrogen) atoms.